The van der Waals surface area contributed by atoms with Crippen LogP contribution in [0.4, 0.5) is 0 Å². The normalized spacial score (nSPS) is 33.3. The molecule has 0 aromatic rings. The molecule has 3 unspecified atom stereocenters. The highest BCUT2D eigenvalue weighted by atomic mass is 79.9. The zero-order chi connectivity index (χ0) is 27.6. The number of aliphatic hydroxyl groups is 1. The van der Waals surface area contributed by atoms with Crippen LogP contribution >= 0.6 is 15.9 Å². The number of ether oxygens (including phenoxy) is 2. The molecule has 1 N–H and O–H groups in total. The number of esters is 1. The van der Waals surface area contributed by atoms with Crippen LogP contribution in [0.3, 0.4) is 0 Å². The van der Waals surface area contributed by atoms with E-state index in [2.05, 4.69) is 29.1 Å². The van der Waals surface area contributed by atoms with Crippen LogP contribution in [-0.2, 0) is 23.9 Å². The second-order valence-electron chi connectivity index (χ2n) is 11.7. The number of carbonyl (C=O) groups excluding carboxylic acids is 3. The lowest BCUT2D eigenvalue weighted by atomic mass is 9.70. The Kier molecular flexibility index (Phi) is 9.41. The maximum Gasteiger partial charge on any atom is 0.312 e. The third kappa shape index (κ3) is 5.10. The van der Waals surface area contributed by atoms with Gasteiger partial charge in [-0.3, -0.25) is 14.4 Å². The summed E-state index contributed by atoms with van der Waals surface area (Å²) >= 11 is 3.70. The van der Waals surface area contributed by atoms with Crippen LogP contribution in [-0.4, -0.2) is 87.1 Å². The summed E-state index contributed by atoms with van der Waals surface area (Å²) in [6, 6.07) is -1.41. The van der Waals surface area contributed by atoms with Gasteiger partial charge >= 0.3 is 5.97 Å². The second-order valence-corrected chi connectivity index (χ2v) is 12.9. The van der Waals surface area contributed by atoms with E-state index in [1.165, 1.54) is 0 Å². The van der Waals surface area contributed by atoms with E-state index >= 15 is 0 Å². The molecular formula is C29H43BrN2O6. The molecule has 3 heterocycles. The standard InChI is InChI=1S/C29H43BrN2O6/c1-5-7-14-37-28(36)22-23-26(34)32(20(17-33)15-18(3)4)25(29(23)16-21(30)24(22)38-29)27(35)31(13-6-2)19-11-9-8-10-12-19/h5-6,18-25,33H,1-2,7-17H2,3-4H3/t20-,21?,22+,23+,24+,25?,29?/m1/s1. The Morgan fingerprint density at radius 3 is 2.58 bits per heavy atom. The highest BCUT2D eigenvalue weighted by molar-refractivity contribution is 9.09. The fraction of sp³-hybridized carbons (Fsp3) is 0.759. The van der Waals surface area contributed by atoms with Gasteiger partial charge in [0.25, 0.3) is 0 Å². The third-order valence-electron chi connectivity index (χ3n) is 8.77. The van der Waals surface area contributed by atoms with Gasteiger partial charge in [-0.1, -0.05) is 61.2 Å². The molecule has 2 bridgehead atoms. The minimum absolute atomic E-state index is 0.0670. The number of alkyl halides is 1. The van der Waals surface area contributed by atoms with Crippen molar-refractivity contribution in [2.75, 3.05) is 19.8 Å². The van der Waals surface area contributed by atoms with Crippen molar-refractivity contribution in [2.24, 2.45) is 17.8 Å². The largest absolute Gasteiger partial charge is 0.465 e. The fourth-order valence-electron chi connectivity index (χ4n) is 7.28. The second kappa shape index (κ2) is 12.2. The summed E-state index contributed by atoms with van der Waals surface area (Å²) in [5.41, 5.74) is -1.16. The van der Waals surface area contributed by atoms with Gasteiger partial charge in [0, 0.05) is 17.4 Å². The Bertz CT molecular complexity index is 921. The van der Waals surface area contributed by atoms with Crippen molar-refractivity contribution in [1.29, 1.82) is 0 Å². The SMILES string of the molecule is C=CCCOC(=O)[C@H]1[C@H]2C(=O)N([C@@H](CO)CC(C)C)C(C(=O)N(CC=C)C3CCCCC3)C23CC(Br)[C@@H]1O3. The molecule has 4 fully saturated rings. The molecule has 3 saturated heterocycles. The summed E-state index contributed by atoms with van der Waals surface area (Å²) in [6.07, 6.45) is 9.42. The highest BCUT2D eigenvalue weighted by Crippen LogP contribution is 2.61. The Labute approximate surface area is 234 Å². The number of carbonyl (C=O) groups is 3. The van der Waals surface area contributed by atoms with E-state index in [9.17, 15) is 19.5 Å². The molecule has 0 radical (unpaired) electrons. The van der Waals surface area contributed by atoms with Crippen LogP contribution in [0, 0.1) is 17.8 Å². The summed E-state index contributed by atoms with van der Waals surface area (Å²) in [7, 11) is 0. The number of likely N-dealkylation sites (tertiary alicyclic amines) is 1. The van der Waals surface area contributed by atoms with Gasteiger partial charge < -0.3 is 24.4 Å². The van der Waals surface area contributed by atoms with Crippen molar-refractivity contribution < 1.29 is 29.0 Å². The molecule has 212 valence electrons. The predicted molar refractivity (Wildman–Crippen MR) is 147 cm³/mol. The van der Waals surface area contributed by atoms with Crippen LogP contribution in [0.5, 0.6) is 0 Å². The van der Waals surface area contributed by atoms with Crippen LogP contribution in [0.2, 0.25) is 0 Å². The van der Waals surface area contributed by atoms with Crippen LogP contribution in [0.1, 0.15) is 65.2 Å². The van der Waals surface area contributed by atoms with Gasteiger partial charge in [-0.05, 0) is 38.0 Å². The Balaban J connectivity index is 1.76. The van der Waals surface area contributed by atoms with E-state index in [0.717, 1.165) is 32.1 Å². The quantitative estimate of drug-likeness (QED) is 0.160. The molecule has 8 nitrogen and oxygen atoms in total. The zero-order valence-corrected chi connectivity index (χ0v) is 24.3. The fourth-order valence-corrected chi connectivity index (χ4v) is 8.22. The van der Waals surface area contributed by atoms with E-state index in [1.807, 2.05) is 18.7 Å². The number of hydrogen-bond acceptors (Lipinski definition) is 6. The number of fused-ring (bicyclic) bond motifs is 1. The van der Waals surface area contributed by atoms with Crippen molar-refractivity contribution in [2.45, 2.75) is 99.9 Å². The Hall–Kier alpha value is -1.71. The van der Waals surface area contributed by atoms with E-state index in [0.29, 0.717) is 25.8 Å². The molecule has 1 spiro atoms. The van der Waals surface area contributed by atoms with E-state index in [-0.39, 0.29) is 41.8 Å². The lowest BCUT2D eigenvalue weighted by molar-refractivity contribution is -0.157. The Morgan fingerprint density at radius 2 is 1.97 bits per heavy atom. The van der Waals surface area contributed by atoms with E-state index < -0.39 is 41.6 Å². The first-order chi connectivity index (χ1) is 18.2. The topological polar surface area (TPSA) is 96.4 Å². The molecule has 38 heavy (non-hydrogen) atoms. The summed E-state index contributed by atoms with van der Waals surface area (Å²) in [4.78, 5) is 45.5. The van der Waals surface area contributed by atoms with Gasteiger partial charge in [-0.15, -0.1) is 13.2 Å². The molecule has 3 aliphatic heterocycles. The first-order valence-electron chi connectivity index (χ1n) is 14.2. The molecule has 4 rings (SSSR count). The predicted octanol–water partition coefficient (Wildman–Crippen LogP) is 3.61. The molecule has 1 aliphatic carbocycles. The smallest absolute Gasteiger partial charge is 0.312 e. The minimum Gasteiger partial charge on any atom is -0.465 e. The first kappa shape index (κ1) is 29.3. The van der Waals surface area contributed by atoms with Gasteiger partial charge in [0.15, 0.2) is 0 Å². The maximum atomic E-state index is 14.6. The van der Waals surface area contributed by atoms with Crippen LogP contribution in [0.15, 0.2) is 25.3 Å². The zero-order valence-electron chi connectivity index (χ0n) is 22.7. The Morgan fingerprint density at radius 1 is 1.26 bits per heavy atom. The molecule has 2 amide bonds. The molecular weight excluding hydrogens is 552 g/mol. The number of hydrogen-bond donors (Lipinski definition) is 1. The van der Waals surface area contributed by atoms with Crippen LogP contribution < -0.4 is 0 Å². The number of nitrogens with zero attached hydrogens (tertiary/aromatic N) is 2. The molecule has 7 atom stereocenters. The van der Waals surface area contributed by atoms with Crippen molar-refractivity contribution in [3.05, 3.63) is 25.3 Å². The molecule has 4 aliphatic rings. The van der Waals surface area contributed by atoms with Gasteiger partial charge in [-0.25, -0.2) is 0 Å². The van der Waals surface area contributed by atoms with E-state index in [1.54, 1.807) is 17.1 Å². The lowest BCUT2D eigenvalue weighted by Crippen LogP contribution is -2.60. The summed E-state index contributed by atoms with van der Waals surface area (Å²) in [5.74, 6) is -2.39. The average molecular weight is 596 g/mol. The number of amides is 2. The first-order valence-corrected chi connectivity index (χ1v) is 15.1. The number of aliphatic hydroxyl groups excluding tert-OH is 1. The summed E-state index contributed by atoms with van der Waals surface area (Å²) < 4.78 is 12.1. The number of rotatable bonds is 12. The van der Waals surface area contributed by atoms with Gasteiger partial charge in [0.1, 0.15) is 11.6 Å². The lowest BCUT2D eigenvalue weighted by Gasteiger charge is -2.42. The molecule has 0 aromatic heterocycles. The number of halogens is 1. The maximum absolute atomic E-state index is 14.6. The molecule has 9 heteroatoms. The van der Waals surface area contributed by atoms with Crippen molar-refractivity contribution in [3.63, 3.8) is 0 Å². The van der Waals surface area contributed by atoms with E-state index in [4.69, 9.17) is 9.47 Å². The van der Waals surface area contributed by atoms with Crippen molar-refractivity contribution in [1.82, 2.24) is 9.80 Å². The third-order valence-corrected chi connectivity index (χ3v) is 9.62. The summed E-state index contributed by atoms with van der Waals surface area (Å²) in [6.45, 7) is 11.9. The van der Waals surface area contributed by atoms with Gasteiger partial charge in [0.05, 0.1) is 37.2 Å². The molecule has 0 aromatic carbocycles. The van der Waals surface area contributed by atoms with Crippen molar-refractivity contribution in [3.8, 4) is 0 Å². The highest BCUT2D eigenvalue weighted by Gasteiger charge is 2.77. The van der Waals surface area contributed by atoms with Gasteiger partial charge in [0.2, 0.25) is 11.8 Å². The van der Waals surface area contributed by atoms with Gasteiger partial charge in [-0.2, -0.15) is 0 Å². The summed E-state index contributed by atoms with van der Waals surface area (Å²) in [5, 5.41) is 10.5. The molecule has 1 saturated carbocycles. The monoisotopic (exact) mass is 594 g/mol. The van der Waals surface area contributed by atoms with Crippen molar-refractivity contribution >= 4 is 33.7 Å². The minimum atomic E-state index is -1.16. The average Bonchev–Trinajstić information content (AvgIpc) is 3.49. The van der Waals surface area contributed by atoms with Crippen LogP contribution in [0.25, 0.3) is 0 Å².